The van der Waals surface area contributed by atoms with E-state index in [0.717, 1.165) is 0 Å². The van der Waals surface area contributed by atoms with Crippen molar-refractivity contribution >= 4 is 17.5 Å². The summed E-state index contributed by atoms with van der Waals surface area (Å²) in [6.45, 7) is 3.85. The van der Waals surface area contributed by atoms with E-state index in [2.05, 4.69) is 5.16 Å². The van der Waals surface area contributed by atoms with Crippen LogP contribution in [0.5, 0.6) is 11.5 Å². The topological polar surface area (TPSA) is 70.5 Å². The van der Waals surface area contributed by atoms with Crippen LogP contribution in [0.1, 0.15) is 13.8 Å². The third-order valence-corrected chi connectivity index (χ3v) is 2.70. The Morgan fingerprint density at radius 2 is 2.05 bits per heavy atom. The number of nitrogens with zero attached hydrogens (tertiary/aromatic N) is 1. The van der Waals surface area contributed by atoms with Crippen molar-refractivity contribution in [2.75, 3.05) is 12.8 Å². The highest BCUT2D eigenvalue weighted by Crippen LogP contribution is 2.43. The van der Waals surface area contributed by atoms with Crippen molar-refractivity contribution in [3.05, 3.63) is 23.4 Å². The lowest BCUT2D eigenvalue weighted by molar-refractivity contribution is 0.231. The second-order valence-corrected chi connectivity index (χ2v) is 4.69. The summed E-state index contributed by atoms with van der Waals surface area (Å²) in [5.41, 5.74) is 7.06. The molecule has 0 saturated carbocycles. The quantitative estimate of drug-likeness (QED) is 0.931. The Morgan fingerprint density at radius 1 is 1.32 bits per heavy atom. The molecule has 6 heteroatoms. The van der Waals surface area contributed by atoms with Crippen molar-refractivity contribution in [3.8, 4) is 22.6 Å². The molecule has 0 aliphatic heterocycles. The minimum absolute atomic E-state index is 0.0186. The molecule has 2 N–H and O–H groups in total. The number of hydrogen-bond donors (Lipinski definition) is 1. The second-order valence-electron chi connectivity index (χ2n) is 4.26. The number of rotatable bonds is 4. The van der Waals surface area contributed by atoms with E-state index in [-0.39, 0.29) is 12.0 Å². The van der Waals surface area contributed by atoms with Gasteiger partial charge < -0.3 is 19.7 Å². The van der Waals surface area contributed by atoms with Crippen LogP contribution >= 0.6 is 11.6 Å². The van der Waals surface area contributed by atoms with Gasteiger partial charge in [-0.1, -0.05) is 16.8 Å². The van der Waals surface area contributed by atoms with E-state index in [1.807, 2.05) is 13.8 Å². The normalized spacial score (nSPS) is 10.8. The number of nitrogen functional groups attached to an aromatic ring is 1. The van der Waals surface area contributed by atoms with Gasteiger partial charge in [0.05, 0.1) is 25.0 Å². The van der Waals surface area contributed by atoms with Crippen LogP contribution in [-0.2, 0) is 0 Å². The molecule has 2 aromatic rings. The summed E-state index contributed by atoms with van der Waals surface area (Å²) in [7, 11) is 1.56. The third kappa shape index (κ3) is 2.76. The molecular weight excluding hydrogens is 268 g/mol. The molecule has 19 heavy (non-hydrogen) atoms. The number of aromatic nitrogens is 1. The first-order chi connectivity index (χ1) is 9.02. The van der Waals surface area contributed by atoms with Gasteiger partial charge in [0.2, 0.25) is 5.88 Å². The van der Waals surface area contributed by atoms with Crippen molar-refractivity contribution in [2.45, 2.75) is 20.0 Å². The summed E-state index contributed by atoms with van der Waals surface area (Å²) in [5, 5.41) is 4.18. The fourth-order valence-corrected chi connectivity index (χ4v) is 1.94. The van der Waals surface area contributed by atoms with Gasteiger partial charge in [-0.25, -0.2) is 0 Å². The van der Waals surface area contributed by atoms with Crippen LogP contribution in [-0.4, -0.2) is 18.4 Å². The molecule has 0 spiro atoms. The Labute approximate surface area is 116 Å². The molecule has 0 atom stereocenters. The van der Waals surface area contributed by atoms with Crippen LogP contribution in [0.3, 0.4) is 0 Å². The molecule has 0 bridgehead atoms. The van der Waals surface area contributed by atoms with Gasteiger partial charge >= 0.3 is 0 Å². The lowest BCUT2D eigenvalue weighted by Gasteiger charge is -2.17. The first kappa shape index (κ1) is 13.5. The van der Waals surface area contributed by atoms with E-state index in [4.69, 9.17) is 31.3 Å². The number of anilines is 1. The van der Waals surface area contributed by atoms with Crippen LogP contribution in [0.15, 0.2) is 22.9 Å². The number of halogens is 1. The smallest absolute Gasteiger partial charge is 0.230 e. The van der Waals surface area contributed by atoms with Gasteiger partial charge in [0.25, 0.3) is 0 Å². The molecule has 0 saturated heterocycles. The summed E-state index contributed by atoms with van der Waals surface area (Å²) >= 11 is 6.08. The summed E-state index contributed by atoms with van der Waals surface area (Å²) in [6.07, 6.45) is 1.50. The highest BCUT2D eigenvalue weighted by atomic mass is 35.5. The lowest BCUT2D eigenvalue weighted by Crippen LogP contribution is -2.08. The fraction of sp³-hybridized carbons (Fsp3) is 0.308. The summed E-state index contributed by atoms with van der Waals surface area (Å²) < 4.78 is 16.0. The average molecular weight is 283 g/mol. The zero-order valence-electron chi connectivity index (χ0n) is 10.9. The highest BCUT2D eigenvalue weighted by molar-refractivity contribution is 6.31. The van der Waals surface area contributed by atoms with E-state index >= 15 is 0 Å². The molecular formula is C13H15ClN2O3. The first-order valence-corrected chi connectivity index (χ1v) is 6.15. The van der Waals surface area contributed by atoms with Crippen molar-refractivity contribution in [2.24, 2.45) is 0 Å². The predicted octanol–water partition coefficient (Wildman–Crippen LogP) is 3.37. The second kappa shape index (κ2) is 5.40. The Hall–Kier alpha value is -1.88. The molecule has 102 valence electrons. The number of benzene rings is 1. The van der Waals surface area contributed by atoms with Gasteiger partial charge in [-0.05, 0) is 19.9 Å². The van der Waals surface area contributed by atoms with E-state index < -0.39 is 0 Å². The van der Waals surface area contributed by atoms with Crippen LogP contribution in [0, 0.1) is 0 Å². The molecule has 1 heterocycles. The molecule has 1 aromatic carbocycles. The fourth-order valence-electron chi connectivity index (χ4n) is 1.73. The van der Waals surface area contributed by atoms with Crippen LogP contribution in [0.4, 0.5) is 5.88 Å². The number of nitrogens with two attached hydrogens (primary N) is 1. The van der Waals surface area contributed by atoms with Crippen molar-refractivity contribution in [3.63, 3.8) is 0 Å². The maximum atomic E-state index is 6.08. The van der Waals surface area contributed by atoms with E-state index in [0.29, 0.717) is 27.6 Å². The monoisotopic (exact) mass is 282 g/mol. The Balaban J connectivity index is 2.63. The molecule has 0 unspecified atom stereocenters. The summed E-state index contributed by atoms with van der Waals surface area (Å²) in [5.74, 6) is 1.31. The molecule has 0 radical (unpaired) electrons. The van der Waals surface area contributed by atoms with Gasteiger partial charge in [0.15, 0.2) is 11.5 Å². The molecule has 0 aliphatic carbocycles. The molecule has 5 nitrogen and oxygen atoms in total. The molecule has 0 amide bonds. The Bertz CT molecular complexity index is 581. The van der Waals surface area contributed by atoms with Crippen LogP contribution in [0.25, 0.3) is 11.1 Å². The van der Waals surface area contributed by atoms with Gasteiger partial charge in [0.1, 0.15) is 0 Å². The molecule has 1 aromatic heterocycles. The number of ether oxygens (including phenoxy) is 2. The predicted molar refractivity (Wildman–Crippen MR) is 73.7 cm³/mol. The van der Waals surface area contributed by atoms with Gasteiger partial charge in [0, 0.05) is 16.7 Å². The van der Waals surface area contributed by atoms with Crippen molar-refractivity contribution in [1.82, 2.24) is 5.16 Å². The highest BCUT2D eigenvalue weighted by Gasteiger charge is 2.19. The maximum Gasteiger partial charge on any atom is 0.230 e. The SMILES string of the molecule is COc1cc(Cl)cc(-c2cnoc2N)c1OC(C)C. The number of hydrogen-bond acceptors (Lipinski definition) is 5. The third-order valence-electron chi connectivity index (χ3n) is 2.48. The van der Waals surface area contributed by atoms with Crippen LogP contribution in [0.2, 0.25) is 5.02 Å². The maximum absolute atomic E-state index is 6.08. The van der Waals surface area contributed by atoms with Gasteiger partial charge in [-0.3, -0.25) is 0 Å². The summed E-state index contributed by atoms with van der Waals surface area (Å²) in [4.78, 5) is 0. The molecule has 0 fully saturated rings. The van der Waals surface area contributed by atoms with E-state index in [9.17, 15) is 0 Å². The Morgan fingerprint density at radius 3 is 2.58 bits per heavy atom. The zero-order chi connectivity index (χ0) is 14.0. The van der Waals surface area contributed by atoms with Gasteiger partial charge in [-0.15, -0.1) is 0 Å². The summed E-state index contributed by atoms with van der Waals surface area (Å²) in [6, 6.07) is 3.43. The van der Waals surface area contributed by atoms with Gasteiger partial charge in [-0.2, -0.15) is 0 Å². The number of methoxy groups -OCH3 is 1. The van der Waals surface area contributed by atoms with E-state index in [1.165, 1.54) is 6.20 Å². The van der Waals surface area contributed by atoms with Crippen LogP contribution < -0.4 is 15.2 Å². The minimum atomic E-state index is -0.0186. The zero-order valence-corrected chi connectivity index (χ0v) is 11.7. The Kier molecular flexibility index (Phi) is 3.85. The van der Waals surface area contributed by atoms with E-state index in [1.54, 1.807) is 19.2 Å². The largest absolute Gasteiger partial charge is 0.493 e. The molecule has 2 rings (SSSR count). The lowest BCUT2D eigenvalue weighted by atomic mass is 10.1. The molecule has 0 aliphatic rings. The minimum Gasteiger partial charge on any atom is -0.493 e. The van der Waals surface area contributed by atoms with Crippen molar-refractivity contribution < 1.29 is 14.0 Å². The first-order valence-electron chi connectivity index (χ1n) is 5.77. The van der Waals surface area contributed by atoms with Crippen molar-refractivity contribution in [1.29, 1.82) is 0 Å². The average Bonchev–Trinajstić information content (AvgIpc) is 2.76. The standard InChI is InChI=1S/C13H15ClN2O3/c1-7(2)18-12-9(10-6-16-19-13(10)15)4-8(14)5-11(12)17-3/h4-7H,15H2,1-3H3.